The quantitative estimate of drug-likeness (QED) is 0.451. The molecule has 0 unspecified atom stereocenters. The van der Waals surface area contributed by atoms with Gasteiger partial charge in [-0.2, -0.15) is 0 Å². The summed E-state index contributed by atoms with van der Waals surface area (Å²) in [4.78, 5) is 14.1. The Labute approximate surface area is 180 Å². The van der Waals surface area contributed by atoms with Crippen LogP contribution in [0.15, 0.2) is 85.1 Å². The summed E-state index contributed by atoms with van der Waals surface area (Å²) in [7, 11) is 1.94. The zero-order chi connectivity index (χ0) is 21.2. The number of nitrogens with zero attached hydrogens (tertiary/aromatic N) is 4. The van der Waals surface area contributed by atoms with Crippen molar-refractivity contribution in [1.82, 2.24) is 24.8 Å². The summed E-state index contributed by atoms with van der Waals surface area (Å²) in [5.74, 6) is 1.16. The van der Waals surface area contributed by atoms with Gasteiger partial charge < -0.3 is 11.1 Å². The minimum atomic E-state index is 0.439. The third kappa shape index (κ3) is 3.53. The molecule has 0 aliphatic heterocycles. The highest BCUT2D eigenvalue weighted by Gasteiger charge is 2.18. The van der Waals surface area contributed by atoms with E-state index in [0.717, 1.165) is 46.0 Å². The largest absolute Gasteiger partial charge is 0.383 e. The molecule has 0 fully saturated rings. The van der Waals surface area contributed by atoms with Crippen molar-refractivity contribution in [2.45, 2.75) is 6.54 Å². The second-order valence-electron chi connectivity index (χ2n) is 7.31. The Bertz CT molecular complexity index is 1340. The van der Waals surface area contributed by atoms with Crippen molar-refractivity contribution in [2.24, 2.45) is 0 Å². The minimum Gasteiger partial charge on any atom is -0.383 e. The molecule has 5 aromatic rings. The molecular formula is C25H22N6. The molecule has 5 rings (SSSR count). The van der Waals surface area contributed by atoms with Crippen molar-refractivity contribution < 1.29 is 0 Å². The van der Waals surface area contributed by atoms with Gasteiger partial charge in [-0.3, -0.25) is 4.57 Å². The average Bonchev–Trinajstić information content (AvgIpc) is 3.19. The normalized spacial score (nSPS) is 11.1. The summed E-state index contributed by atoms with van der Waals surface area (Å²) in [6.45, 7) is 0.809. The summed E-state index contributed by atoms with van der Waals surface area (Å²) >= 11 is 0. The van der Waals surface area contributed by atoms with Crippen molar-refractivity contribution in [1.29, 1.82) is 0 Å². The highest BCUT2D eigenvalue weighted by Crippen LogP contribution is 2.31. The standard InChI is InChI=1S/C25H22N6/c1-27-16-17-9-11-19(12-10-17)31-24(20-8-5-15-28-23(20)26)30-22-14-13-21(29-25(22)31)18-6-3-2-4-7-18/h2-15,27H,16H2,1H3,(H2,26,28). The Kier molecular flexibility index (Phi) is 4.90. The number of fused-ring (bicyclic) bond motifs is 1. The first-order chi connectivity index (χ1) is 15.2. The van der Waals surface area contributed by atoms with Crippen molar-refractivity contribution >= 4 is 17.0 Å². The lowest BCUT2D eigenvalue weighted by molar-refractivity contribution is 0.817. The van der Waals surface area contributed by atoms with Crippen LogP contribution in [0.1, 0.15) is 5.56 Å². The van der Waals surface area contributed by atoms with Gasteiger partial charge in [-0.1, -0.05) is 42.5 Å². The average molecular weight is 406 g/mol. The van der Waals surface area contributed by atoms with Gasteiger partial charge in [0, 0.05) is 24.0 Å². The molecular weight excluding hydrogens is 384 g/mol. The summed E-state index contributed by atoms with van der Waals surface area (Å²) < 4.78 is 2.05. The van der Waals surface area contributed by atoms with Gasteiger partial charge in [0.2, 0.25) is 0 Å². The van der Waals surface area contributed by atoms with E-state index in [1.54, 1.807) is 6.20 Å². The van der Waals surface area contributed by atoms with E-state index in [9.17, 15) is 0 Å². The molecule has 3 heterocycles. The fourth-order valence-corrected chi connectivity index (χ4v) is 3.73. The molecule has 6 nitrogen and oxygen atoms in total. The first kappa shape index (κ1) is 19.0. The molecule has 2 aromatic carbocycles. The lowest BCUT2D eigenvalue weighted by Gasteiger charge is -2.11. The smallest absolute Gasteiger partial charge is 0.165 e. The topological polar surface area (TPSA) is 81.7 Å². The minimum absolute atomic E-state index is 0.439. The Morgan fingerprint density at radius 2 is 1.68 bits per heavy atom. The van der Waals surface area contributed by atoms with Crippen molar-refractivity contribution in [3.63, 3.8) is 0 Å². The van der Waals surface area contributed by atoms with Crippen LogP contribution in [0.4, 0.5) is 5.82 Å². The maximum absolute atomic E-state index is 6.21. The van der Waals surface area contributed by atoms with Gasteiger partial charge in [0.15, 0.2) is 11.5 Å². The second-order valence-corrected chi connectivity index (χ2v) is 7.31. The number of pyridine rings is 2. The molecule has 0 radical (unpaired) electrons. The summed E-state index contributed by atoms with van der Waals surface area (Å²) in [5, 5.41) is 3.18. The number of hydrogen-bond acceptors (Lipinski definition) is 5. The molecule has 0 saturated carbocycles. The number of benzene rings is 2. The first-order valence-electron chi connectivity index (χ1n) is 10.1. The number of anilines is 1. The van der Waals surface area contributed by atoms with E-state index in [-0.39, 0.29) is 0 Å². The second kappa shape index (κ2) is 8.01. The molecule has 6 heteroatoms. The van der Waals surface area contributed by atoms with E-state index in [0.29, 0.717) is 5.82 Å². The van der Waals surface area contributed by atoms with E-state index in [2.05, 4.69) is 51.3 Å². The van der Waals surface area contributed by atoms with E-state index >= 15 is 0 Å². The fourth-order valence-electron chi connectivity index (χ4n) is 3.73. The Hall–Kier alpha value is -4.03. The highest BCUT2D eigenvalue weighted by atomic mass is 15.1. The molecule has 3 aromatic heterocycles. The number of hydrogen-bond donors (Lipinski definition) is 2. The predicted molar refractivity (Wildman–Crippen MR) is 125 cm³/mol. The maximum atomic E-state index is 6.21. The zero-order valence-electron chi connectivity index (χ0n) is 17.2. The van der Waals surface area contributed by atoms with Crippen molar-refractivity contribution in [3.05, 3.63) is 90.6 Å². The lowest BCUT2D eigenvalue weighted by Crippen LogP contribution is -2.06. The van der Waals surface area contributed by atoms with Crippen molar-refractivity contribution in [3.8, 4) is 28.3 Å². The van der Waals surface area contributed by atoms with Crippen LogP contribution >= 0.6 is 0 Å². The molecule has 152 valence electrons. The summed E-state index contributed by atoms with van der Waals surface area (Å²) in [5.41, 5.74) is 12.7. The first-order valence-corrected chi connectivity index (χ1v) is 10.1. The fraction of sp³-hybridized carbons (Fsp3) is 0.0800. The van der Waals surface area contributed by atoms with Gasteiger partial charge in [0.05, 0.1) is 11.3 Å². The highest BCUT2D eigenvalue weighted by molar-refractivity contribution is 5.84. The van der Waals surface area contributed by atoms with Crippen LogP contribution in [0.5, 0.6) is 0 Å². The lowest BCUT2D eigenvalue weighted by atomic mass is 10.1. The van der Waals surface area contributed by atoms with Gasteiger partial charge in [-0.05, 0) is 49.0 Å². The Morgan fingerprint density at radius 3 is 2.42 bits per heavy atom. The van der Waals surface area contributed by atoms with E-state index in [4.69, 9.17) is 15.7 Å². The third-order valence-corrected chi connectivity index (χ3v) is 5.23. The summed E-state index contributed by atoms with van der Waals surface area (Å²) in [6.07, 6.45) is 1.68. The number of nitrogen functional groups attached to an aromatic ring is 1. The van der Waals surface area contributed by atoms with Crippen LogP contribution in [-0.2, 0) is 6.54 Å². The van der Waals surface area contributed by atoms with E-state index in [1.165, 1.54) is 5.56 Å². The van der Waals surface area contributed by atoms with Gasteiger partial charge >= 0.3 is 0 Å². The van der Waals surface area contributed by atoms with Crippen molar-refractivity contribution in [2.75, 3.05) is 12.8 Å². The van der Waals surface area contributed by atoms with Crippen LogP contribution in [0, 0.1) is 0 Å². The third-order valence-electron chi connectivity index (χ3n) is 5.23. The number of imidazole rings is 1. The van der Waals surface area contributed by atoms with Gasteiger partial charge in [0.1, 0.15) is 11.3 Å². The predicted octanol–water partition coefficient (Wildman–Crippen LogP) is 4.45. The molecule has 3 N–H and O–H groups in total. The van der Waals surface area contributed by atoms with Crippen LogP contribution in [0.3, 0.4) is 0 Å². The Balaban J connectivity index is 1.76. The SMILES string of the molecule is CNCc1ccc(-n2c(-c3cccnc3N)nc3ccc(-c4ccccc4)nc32)cc1. The zero-order valence-corrected chi connectivity index (χ0v) is 17.2. The summed E-state index contributed by atoms with van der Waals surface area (Å²) in [6, 6.07) is 26.3. The molecule has 0 saturated heterocycles. The number of nitrogens with two attached hydrogens (primary N) is 1. The number of nitrogens with one attached hydrogen (secondary N) is 1. The van der Waals surface area contributed by atoms with Crippen LogP contribution < -0.4 is 11.1 Å². The molecule has 0 amide bonds. The maximum Gasteiger partial charge on any atom is 0.165 e. The van der Waals surface area contributed by atoms with Gasteiger partial charge in [-0.15, -0.1) is 0 Å². The van der Waals surface area contributed by atoms with Gasteiger partial charge in [0.25, 0.3) is 0 Å². The van der Waals surface area contributed by atoms with E-state index in [1.807, 2.05) is 49.5 Å². The molecule has 0 aliphatic rings. The number of rotatable bonds is 5. The molecule has 0 spiro atoms. The van der Waals surface area contributed by atoms with Crippen LogP contribution in [-0.4, -0.2) is 26.6 Å². The molecule has 0 aliphatic carbocycles. The Morgan fingerprint density at radius 1 is 0.871 bits per heavy atom. The number of aromatic nitrogens is 4. The van der Waals surface area contributed by atoms with Gasteiger partial charge in [-0.25, -0.2) is 15.0 Å². The van der Waals surface area contributed by atoms with Crippen LogP contribution in [0.2, 0.25) is 0 Å². The molecule has 0 atom stereocenters. The molecule has 0 bridgehead atoms. The monoisotopic (exact) mass is 406 g/mol. The van der Waals surface area contributed by atoms with Crippen LogP contribution in [0.25, 0.3) is 39.5 Å². The van der Waals surface area contributed by atoms with E-state index < -0.39 is 0 Å². The molecule has 31 heavy (non-hydrogen) atoms.